The Morgan fingerprint density at radius 3 is 1.48 bits per heavy atom. The molecule has 0 radical (unpaired) electrons. The number of hydrogen-bond acceptors (Lipinski definition) is 7. The fourth-order valence-corrected chi connectivity index (χ4v) is 5.06. The molecule has 2 aromatic carbocycles. The molecule has 4 atom stereocenters. The highest BCUT2D eigenvalue weighted by atomic mass is 32.2. The first-order valence-corrected chi connectivity index (χ1v) is 10.8. The van der Waals surface area contributed by atoms with E-state index in [2.05, 4.69) is 0 Å². The lowest BCUT2D eigenvalue weighted by molar-refractivity contribution is -0.111. The lowest BCUT2D eigenvalue weighted by Crippen LogP contribution is -2.48. The highest BCUT2D eigenvalue weighted by molar-refractivity contribution is 8.16. The summed E-state index contributed by atoms with van der Waals surface area (Å²) >= 11 is 2.93. The van der Waals surface area contributed by atoms with Crippen molar-refractivity contribution in [2.75, 3.05) is 6.61 Å². The third-order valence-corrected chi connectivity index (χ3v) is 7.11. The number of thioether (sulfide) groups is 2. The van der Waals surface area contributed by atoms with E-state index in [1.165, 1.54) is 23.5 Å². The summed E-state index contributed by atoms with van der Waals surface area (Å²) in [6.07, 6.45) is -5.97. The van der Waals surface area contributed by atoms with Gasteiger partial charge in [0.15, 0.2) is 0 Å². The second-order valence-corrected chi connectivity index (χ2v) is 8.74. The van der Waals surface area contributed by atoms with Crippen LogP contribution in [-0.2, 0) is 11.5 Å². The zero-order chi connectivity index (χ0) is 19.6. The average Bonchev–Trinajstić information content (AvgIpc) is 2.73. The van der Waals surface area contributed by atoms with Crippen LogP contribution in [0.2, 0.25) is 0 Å². The SMILES string of the molecule is OC[C@H](O)[C@H](O)[C@H](O)[C@@H](O)C(SCc1ccccc1)SCc1ccccc1. The molecule has 0 saturated heterocycles. The molecule has 0 saturated carbocycles. The minimum atomic E-state index is -1.62. The maximum absolute atomic E-state index is 10.6. The molecule has 0 spiro atoms. The lowest BCUT2D eigenvalue weighted by Gasteiger charge is -2.30. The van der Waals surface area contributed by atoms with E-state index in [1.54, 1.807) is 0 Å². The van der Waals surface area contributed by atoms with E-state index >= 15 is 0 Å². The van der Waals surface area contributed by atoms with E-state index in [0.29, 0.717) is 11.5 Å². The van der Waals surface area contributed by atoms with Gasteiger partial charge in [0.05, 0.1) is 11.2 Å². The standard InChI is InChI=1S/C20H26O5S2/c21-11-16(22)17(23)18(24)19(25)20(26-12-14-7-3-1-4-8-14)27-13-15-9-5-2-6-10-15/h1-10,16-25H,11-13H2/t16-,17-,18-,19+/m0/s1. The van der Waals surface area contributed by atoms with Gasteiger partial charge in [0.1, 0.15) is 24.4 Å². The molecule has 7 heteroatoms. The average molecular weight is 411 g/mol. The molecule has 2 aromatic rings. The van der Waals surface area contributed by atoms with Crippen LogP contribution in [0.4, 0.5) is 0 Å². The Balaban J connectivity index is 2.04. The van der Waals surface area contributed by atoms with Crippen molar-refractivity contribution in [2.24, 2.45) is 0 Å². The van der Waals surface area contributed by atoms with Crippen molar-refractivity contribution in [3.63, 3.8) is 0 Å². The normalized spacial score (nSPS) is 16.1. The predicted octanol–water partition coefficient (Wildman–Crippen LogP) is 1.62. The van der Waals surface area contributed by atoms with Crippen molar-refractivity contribution >= 4 is 23.5 Å². The van der Waals surface area contributed by atoms with Gasteiger partial charge in [-0.05, 0) is 11.1 Å². The molecule has 2 rings (SSSR count). The van der Waals surface area contributed by atoms with Crippen molar-refractivity contribution in [2.45, 2.75) is 40.5 Å². The largest absolute Gasteiger partial charge is 0.394 e. The minimum absolute atomic E-state index is 0.430. The number of aliphatic hydroxyl groups is 5. The molecule has 0 heterocycles. The van der Waals surface area contributed by atoms with Gasteiger partial charge in [-0.2, -0.15) is 0 Å². The molecule has 0 fully saturated rings. The van der Waals surface area contributed by atoms with Gasteiger partial charge in [-0.15, -0.1) is 23.5 Å². The first kappa shape index (κ1) is 22.2. The summed E-state index contributed by atoms with van der Waals surface area (Å²) in [5.41, 5.74) is 2.18. The third-order valence-electron chi connectivity index (χ3n) is 4.07. The molecule has 5 nitrogen and oxygen atoms in total. The molecule has 0 bridgehead atoms. The van der Waals surface area contributed by atoms with Gasteiger partial charge in [0.2, 0.25) is 0 Å². The first-order chi connectivity index (χ1) is 13.0. The van der Waals surface area contributed by atoms with Gasteiger partial charge in [-0.25, -0.2) is 0 Å². The number of hydrogen-bond donors (Lipinski definition) is 5. The molecule has 27 heavy (non-hydrogen) atoms. The Labute approximate surface area is 168 Å². The summed E-state index contributed by atoms with van der Waals surface area (Å²) in [6.45, 7) is -0.691. The quantitative estimate of drug-likeness (QED) is 0.359. The number of aliphatic hydroxyl groups excluding tert-OH is 5. The maximum Gasteiger partial charge on any atom is 0.111 e. The molecule has 0 unspecified atom stereocenters. The Kier molecular flexibility index (Phi) is 9.64. The van der Waals surface area contributed by atoms with E-state index in [9.17, 15) is 20.4 Å². The molecular weight excluding hydrogens is 384 g/mol. The fraction of sp³-hybridized carbons (Fsp3) is 0.400. The Hall–Kier alpha value is -1.06. The molecule has 0 aliphatic rings. The van der Waals surface area contributed by atoms with Crippen LogP contribution in [-0.4, -0.2) is 61.1 Å². The zero-order valence-electron chi connectivity index (χ0n) is 14.8. The van der Waals surface area contributed by atoms with Crippen LogP contribution in [0.1, 0.15) is 11.1 Å². The molecule has 0 aliphatic carbocycles. The van der Waals surface area contributed by atoms with Gasteiger partial charge in [0, 0.05) is 11.5 Å². The molecule has 0 amide bonds. The van der Waals surface area contributed by atoms with E-state index in [4.69, 9.17) is 5.11 Å². The van der Waals surface area contributed by atoms with Crippen LogP contribution in [0.3, 0.4) is 0 Å². The van der Waals surface area contributed by atoms with Crippen molar-refractivity contribution in [3.05, 3.63) is 71.8 Å². The van der Waals surface area contributed by atoms with Gasteiger partial charge >= 0.3 is 0 Å². The van der Waals surface area contributed by atoms with Crippen molar-refractivity contribution in [1.82, 2.24) is 0 Å². The smallest absolute Gasteiger partial charge is 0.111 e. The maximum atomic E-state index is 10.6. The van der Waals surface area contributed by atoms with Gasteiger partial charge in [-0.1, -0.05) is 60.7 Å². The van der Waals surface area contributed by atoms with Gasteiger partial charge < -0.3 is 25.5 Å². The molecule has 5 N–H and O–H groups in total. The molecule has 0 aromatic heterocycles. The van der Waals surface area contributed by atoms with Crippen LogP contribution < -0.4 is 0 Å². The van der Waals surface area contributed by atoms with Crippen molar-refractivity contribution < 1.29 is 25.5 Å². The van der Waals surface area contributed by atoms with Crippen molar-refractivity contribution in [1.29, 1.82) is 0 Å². The van der Waals surface area contributed by atoms with E-state index in [-0.39, 0.29) is 0 Å². The summed E-state index contributed by atoms with van der Waals surface area (Å²) in [5, 5.41) is 49.3. The van der Waals surface area contributed by atoms with Crippen LogP contribution in [0.5, 0.6) is 0 Å². The molecule has 148 valence electrons. The summed E-state index contributed by atoms with van der Waals surface area (Å²) in [6, 6.07) is 19.6. The van der Waals surface area contributed by atoms with E-state index in [0.717, 1.165) is 11.1 Å². The summed E-state index contributed by atoms with van der Waals surface area (Å²) in [7, 11) is 0. The third kappa shape index (κ3) is 7.12. The number of rotatable bonds is 11. The minimum Gasteiger partial charge on any atom is -0.394 e. The van der Waals surface area contributed by atoms with Crippen LogP contribution in [0.15, 0.2) is 60.7 Å². The Morgan fingerprint density at radius 2 is 1.07 bits per heavy atom. The lowest BCUT2D eigenvalue weighted by atomic mass is 10.0. The zero-order valence-corrected chi connectivity index (χ0v) is 16.5. The van der Waals surface area contributed by atoms with E-state index < -0.39 is 35.6 Å². The second-order valence-electron chi connectivity index (χ2n) is 6.18. The van der Waals surface area contributed by atoms with Crippen molar-refractivity contribution in [3.8, 4) is 0 Å². The summed E-state index contributed by atoms with van der Waals surface area (Å²) < 4.78 is -0.430. The predicted molar refractivity (Wildman–Crippen MR) is 110 cm³/mol. The summed E-state index contributed by atoms with van der Waals surface area (Å²) in [4.78, 5) is 0. The van der Waals surface area contributed by atoms with Crippen LogP contribution in [0, 0.1) is 0 Å². The number of benzene rings is 2. The Morgan fingerprint density at radius 1 is 0.630 bits per heavy atom. The van der Waals surface area contributed by atoms with Gasteiger partial charge in [-0.3, -0.25) is 0 Å². The highest BCUT2D eigenvalue weighted by Gasteiger charge is 2.35. The van der Waals surface area contributed by atoms with Gasteiger partial charge in [0.25, 0.3) is 0 Å². The molecule has 0 aliphatic heterocycles. The highest BCUT2D eigenvalue weighted by Crippen LogP contribution is 2.34. The Bertz CT molecular complexity index is 600. The fourth-order valence-electron chi connectivity index (χ4n) is 2.45. The molecular formula is C20H26O5S2. The summed E-state index contributed by atoms with van der Waals surface area (Å²) in [5.74, 6) is 1.27. The topological polar surface area (TPSA) is 101 Å². The second kappa shape index (κ2) is 11.7. The first-order valence-electron chi connectivity index (χ1n) is 8.67. The van der Waals surface area contributed by atoms with Crippen LogP contribution >= 0.6 is 23.5 Å². The monoisotopic (exact) mass is 410 g/mol. The van der Waals surface area contributed by atoms with E-state index in [1.807, 2.05) is 60.7 Å². The van der Waals surface area contributed by atoms with Crippen LogP contribution in [0.25, 0.3) is 0 Å².